The van der Waals surface area contributed by atoms with Crippen LogP contribution in [0, 0.1) is 34.5 Å². The summed E-state index contributed by atoms with van der Waals surface area (Å²) in [6.45, 7) is 11.3. The lowest BCUT2D eigenvalue weighted by Crippen LogP contribution is -2.55. The molecular formula is C23H36O3Si. The molecule has 0 aromatic rings. The van der Waals surface area contributed by atoms with Gasteiger partial charge in [-0.05, 0) is 81.8 Å². The predicted molar refractivity (Wildman–Crippen MR) is 110 cm³/mol. The first kappa shape index (κ1) is 19.6. The van der Waals surface area contributed by atoms with E-state index in [-0.39, 0.29) is 16.9 Å². The van der Waals surface area contributed by atoms with Crippen molar-refractivity contribution in [2.24, 2.45) is 34.5 Å². The van der Waals surface area contributed by atoms with E-state index in [0.29, 0.717) is 29.5 Å². The van der Waals surface area contributed by atoms with E-state index in [0.717, 1.165) is 44.9 Å². The van der Waals surface area contributed by atoms with Crippen molar-refractivity contribution >= 4 is 20.4 Å². The van der Waals surface area contributed by atoms with Gasteiger partial charge in [-0.25, -0.2) is 0 Å². The lowest BCUT2D eigenvalue weighted by molar-refractivity contribution is -0.138. The standard InChI is InChI=1S/C23H36O3Si/c1-15-12-16-13-17(26-27(3,4)5)8-11-23(16,14-24)19-9-10-22(2)18(21(15)19)6-7-20(22)25/h13-15,17-19,21H,6-12H2,1-5H3/t15?,17-,18-,19-,21-,22-,23+/m0/s1. The van der Waals surface area contributed by atoms with Gasteiger partial charge < -0.3 is 9.22 Å². The Labute approximate surface area is 165 Å². The van der Waals surface area contributed by atoms with Crippen molar-refractivity contribution in [2.45, 2.75) is 84.5 Å². The molecule has 3 nitrogen and oxygen atoms in total. The molecular weight excluding hydrogens is 352 g/mol. The second-order valence-corrected chi connectivity index (χ2v) is 15.5. The van der Waals surface area contributed by atoms with Crippen LogP contribution in [0.5, 0.6) is 0 Å². The normalized spacial score (nSPS) is 46.9. The highest BCUT2D eigenvalue weighted by Crippen LogP contribution is 2.65. The average Bonchev–Trinajstić information content (AvgIpc) is 2.89. The summed E-state index contributed by atoms with van der Waals surface area (Å²) in [4.78, 5) is 25.2. The van der Waals surface area contributed by atoms with Crippen molar-refractivity contribution in [3.63, 3.8) is 0 Å². The van der Waals surface area contributed by atoms with Gasteiger partial charge in [0.2, 0.25) is 0 Å². The summed E-state index contributed by atoms with van der Waals surface area (Å²) < 4.78 is 6.39. The fourth-order valence-corrected chi connectivity index (χ4v) is 8.39. The van der Waals surface area contributed by atoms with Crippen LogP contribution in [0.4, 0.5) is 0 Å². The maximum Gasteiger partial charge on any atom is 0.184 e. The Bertz CT molecular complexity index is 678. The van der Waals surface area contributed by atoms with Gasteiger partial charge in [-0.2, -0.15) is 0 Å². The Kier molecular flexibility index (Phi) is 4.63. The summed E-state index contributed by atoms with van der Waals surface area (Å²) >= 11 is 0. The molecule has 3 saturated carbocycles. The van der Waals surface area contributed by atoms with Gasteiger partial charge in [0.25, 0.3) is 0 Å². The van der Waals surface area contributed by atoms with E-state index in [2.05, 4.69) is 39.6 Å². The molecule has 0 aromatic heterocycles. The molecule has 0 bridgehead atoms. The summed E-state index contributed by atoms with van der Waals surface area (Å²) in [7, 11) is -1.59. The molecule has 4 heteroatoms. The zero-order chi connectivity index (χ0) is 19.6. The van der Waals surface area contributed by atoms with Crippen LogP contribution in [-0.2, 0) is 14.0 Å². The summed E-state index contributed by atoms with van der Waals surface area (Å²) in [5.74, 6) is 2.45. The third-order valence-electron chi connectivity index (χ3n) is 8.44. The fourth-order valence-electron chi connectivity index (χ4n) is 7.30. The maximum absolute atomic E-state index is 12.6. The van der Waals surface area contributed by atoms with Gasteiger partial charge in [-0.3, -0.25) is 4.79 Å². The number of carbonyl (C=O) groups excluding carboxylic acids is 2. The first-order valence-corrected chi connectivity index (χ1v) is 14.4. The van der Waals surface area contributed by atoms with Gasteiger partial charge >= 0.3 is 0 Å². The summed E-state index contributed by atoms with van der Waals surface area (Å²) in [6, 6.07) is 0. The maximum atomic E-state index is 12.6. The molecule has 0 saturated heterocycles. The zero-order valence-corrected chi connectivity index (χ0v) is 18.7. The molecule has 3 fully saturated rings. The molecule has 0 spiro atoms. The topological polar surface area (TPSA) is 43.4 Å². The molecule has 1 unspecified atom stereocenters. The van der Waals surface area contributed by atoms with Crippen LogP contribution in [0.15, 0.2) is 11.6 Å². The quantitative estimate of drug-likeness (QED) is 0.381. The van der Waals surface area contributed by atoms with Gasteiger partial charge in [-0.1, -0.05) is 25.5 Å². The Morgan fingerprint density at radius 2 is 1.89 bits per heavy atom. The van der Waals surface area contributed by atoms with Crippen LogP contribution >= 0.6 is 0 Å². The monoisotopic (exact) mass is 388 g/mol. The van der Waals surface area contributed by atoms with E-state index in [1.165, 1.54) is 11.9 Å². The Hall–Kier alpha value is -0.743. The van der Waals surface area contributed by atoms with Crippen molar-refractivity contribution < 1.29 is 14.0 Å². The van der Waals surface area contributed by atoms with Crippen molar-refractivity contribution in [2.75, 3.05) is 0 Å². The smallest absolute Gasteiger partial charge is 0.184 e. The van der Waals surface area contributed by atoms with Crippen LogP contribution in [0.2, 0.25) is 19.6 Å². The van der Waals surface area contributed by atoms with Crippen molar-refractivity contribution in [3.05, 3.63) is 11.6 Å². The van der Waals surface area contributed by atoms with Crippen LogP contribution in [0.3, 0.4) is 0 Å². The Morgan fingerprint density at radius 3 is 2.56 bits per heavy atom. The SMILES string of the molecule is CC1CC2=C[C@@H](O[Si](C)(C)C)CC[C@]2(C=O)[C@H]2CC[C@]3(C)C(=O)CC[C@H]3[C@H]12. The summed E-state index contributed by atoms with van der Waals surface area (Å²) in [5, 5.41) is 0. The van der Waals surface area contributed by atoms with Gasteiger partial charge in [0.05, 0.1) is 11.5 Å². The number of fused-ring (bicyclic) bond motifs is 5. The van der Waals surface area contributed by atoms with E-state index < -0.39 is 8.32 Å². The molecule has 4 aliphatic rings. The number of aldehydes is 1. The Morgan fingerprint density at radius 1 is 1.15 bits per heavy atom. The Balaban J connectivity index is 1.68. The highest BCUT2D eigenvalue weighted by atomic mass is 28.4. The minimum absolute atomic E-state index is 0.126. The molecule has 0 amide bonds. The molecule has 0 N–H and O–H groups in total. The molecule has 0 aliphatic heterocycles. The number of hydrogen-bond donors (Lipinski definition) is 0. The van der Waals surface area contributed by atoms with Crippen LogP contribution < -0.4 is 0 Å². The molecule has 0 heterocycles. The summed E-state index contributed by atoms with van der Waals surface area (Å²) in [5.41, 5.74) is 0.941. The molecule has 0 radical (unpaired) electrons. The van der Waals surface area contributed by atoms with Crippen molar-refractivity contribution in [3.8, 4) is 0 Å². The number of carbonyl (C=O) groups is 2. The molecule has 7 atom stereocenters. The van der Waals surface area contributed by atoms with E-state index in [4.69, 9.17) is 4.43 Å². The van der Waals surface area contributed by atoms with E-state index in [1.54, 1.807) is 0 Å². The third-order valence-corrected chi connectivity index (χ3v) is 9.45. The fraction of sp³-hybridized carbons (Fsp3) is 0.826. The highest BCUT2D eigenvalue weighted by molar-refractivity contribution is 6.69. The van der Waals surface area contributed by atoms with Crippen molar-refractivity contribution in [1.82, 2.24) is 0 Å². The van der Waals surface area contributed by atoms with E-state index in [9.17, 15) is 9.59 Å². The number of ketones is 1. The number of allylic oxidation sites excluding steroid dienone is 1. The molecule has 4 rings (SSSR count). The second-order valence-electron chi connectivity index (χ2n) is 11.0. The minimum Gasteiger partial charge on any atom is -0.411 e. The van der Waals surface area contributed by atoms with Gasteiger partial charge in [-0.15, -0.1) is 0 Å². The lowest BCUT2D eigenvalue weighted by Gasteiger charge is -2.58. The van der Waals surface area contributed by atoms with Crippen LogP contribution in [-0.4, -0.2) is 26.5 Å². The van der Waals surface area contributed by atoms with E-state index >= 15 is 0 Å². The predicted octanol–water partition coefficient (Wildman–Crippen LogP) is 5.16. The van der Waals surface area contributed by atoms with Crippen LogP contribution in [0.1, 0.15) is 58.8 Å². The largest absolute Gasteiger partial charge is 0.411 e. The molecule has 27 heavy (non-hydrogen) atoms. The van der Waals surface area contributed by atoms with Gasteiger partial charge in [0.1, 0.15) is 12.1 Å². The van der Waals surface area contributed by atoms with Crippen LogP contribution in [0.25, 0.3) is 0 Å². The zero-order valence-electron chi connectivity index (χ0n) is 17.7. The number of hydrogen-bond acceptors (Lipinski definition) is 3. The summed E-state index contributed by atoms with van der Waals surface area (Å²) in [6.07, 6.45) is 10.5. The number of rotatable bonds is 3. The lowest BCUT2D eigenvalue weighted by atomic mass is 9.45. The first-order valence-electron chi connectivity index (χ1n) is 11.0. The van der Waals surface area contributed by atoms with Crippen molar-refractivity contribution in [1.29, 1.82) is 0 Å². The van der Waals surface area contributed by atoms with E-state index in [1.807, 2.05) is 0 Å². The molecule has 4 aliphatic carbocycles. The first-order chi connectivity index (χ1) is 12.6. The second kappa shape index (κ2) is 6.38. The molecule has 0 aromatic carbocycles. The van der Waals surface area contributed by atoms with Gasteiger partial charge in [0.15, 0.2) is 8.32 Å². The molecule has 150 valence electrons. The number of Topliss-reactive ketones (excluding diaryl/α,β-unsaturated/α-hetero) is 1. The highest BCUT2D eigenvalue weighted by Gasteiger charge is 2.62. The minimum atomic E-state index is -1.59. The van der Waals surface area contributed by atoms with Gasteiger partial charge in [0, 0.05) is 11.8 Å². The third kappa shape index (κ3) is 2.93. The average molecular weight is 389 g/mol.